The predicted molar refractivity (Wildman–Crippen MR) is 89.4 cm³/mol. The number of rotatable bonds is 5. The number of halogens is 6. The number of hydrogen-bond acceptors (Lipinski definition) is 3. The van der Waals surface area contributed by atoms with Crippen molar-refractivity contribution in [1.82, 2.24) is 0 Å². The molecule has 1 atom stereocenters. The third-order valence-corrected chi connectivity index (χ3v) is 4.15. The zero-order valence-electron chi connectivity index (χ0n) is 13.7. The van der Waals surface area contributed by atoms with Gasteiger partial charge in [0.05, 0.1) is 23.1 Å². The Morgan fingerprint density at radius 1 is 0.963 bits per heavy atom. The van der Waals surface area contributed by atoms with Crippen LogP contribution in [-0.2, 0) is 23.5 Å². The van der Waals surface area contributed by atoms with Gasteiger partial charge in [-0.25, -0.2) is 0 Å². The van der Waals surface area contributed by atoms with Crippen LogP contribution in [0.5, 0.6) is 0 Å². The first-order valence-electron chi connectivity index (χ1n) is 7.38. The third-order valence-electron chi connectivity index (χ3n) is 3.48. The Kier molecular flexibility index (Phi) is 6.10. The van der Waals surface area contributed by atoms with Crippen LogP contribution in [0.3, 0.4) is 0 Å². The molecule has 2 aromatic carbocycles. The van der Waals surface area contributed by atoms with Gasteiger partial charge in [0.1, 0.15) is 0 Å². The van der Waals surface area contributed by atoms with E-state index in [0.29, 0.717) is 6.07 Å². The van der Waals surface area contributed by atoms with Gasteiger partial charge in [-0.1, -0.05) is 18.2 Å². The fraction of sp³-hybridized carbons (Fsp3) is 0.235. The molecule has 3 nitrogen and oxygen atoms in total. The summed E-state index contributed by atoms with van der Waals surface area (Å²) >= 11 is -1.49. The second kappa shape index (κ2) is 7.81. The monoisotopic (exact) mass is 409 g/mol. The smallest absolute Gasteiger partial charge is 0.419 e. The van der Waals surface area contributed by atoms with Gasteiger partial charge in [-0.3, -0.25) is 4.79 Å². The number of para-hydroxylation sites is 1. The molecule has 2 aromatic rings. The molecule has 0 aliphatic rings. The lowest BCUT2D eigenvalue weighted by molar-refractivity contribution is -0.161. The summed E-state index contributed by atoms with van der Waals surface area (Å²) in [6.45, 7) is 0. The summed E-state index contributed by atoms with van der Waals surface area (Å²) in [4.78, 5) is 12.1. The molecule has 0 radical (unpaired) electrons. The standard InChI is InChI=1S/C17H13F6NO2S/c1-27(26)9-14(25)10-5-2-3-7-12(10)24-13-8-4-6-11(16(18,19)20)15(13)17(21,22)23/h2-8,24H,9H2,1H3. The lowest BCUT2D eigenvalue weighted by Crippen LogP contribution is -2.19. The van der Waals surface area contributed by atoms with E-state index in [4.69, 9.17) is 0 Å². The Balaban J connectivity index is 2.55. The van der Waals surface area contributed by atoms with E-state index < -0.39 is 46.1 Å². The minimum absolute atomic E-state index is 0.0711. The first kappa shape index (κ1) is 21.1. The second-order valence-corrected chi connectivity index (χ2v) is 6.97. The van der Waals surface area contributed by atoms with Crippen LogP contribution in [0.25, 0.3) is 0 Å². The van der Waals surface area contributed by atoms with Gasteiger partial charge in [0, 0.05) is 11.3 Å². The molecule has 146 valence electrons. The maximum Gasteiger partial charge on any atom is 0.419 e. The molecule has 1 N–H and O–H groups in total. The molecule has 2 rings (SSSR count). The maximum absolute atomic E-state index is 13.3. The molecule has 0 aliphatic heterocycles. The number of anilines is 2. The van der Waals surface area contributed by atoms with Gasteiger partial charge < -0.3 is 9.87 Å². The number of ketones is 1. The maximum atomic E-state index is 13.3. The van der Waals surface area contributed by atoms with Gasteiger partial charge in [0.25, 0.3) is 0 Å². The summed E-state index contributed by atoms with van der Waals surface area (Å²) < 4.78 is 90.3. The molecule has 0 heterocycles. The van der Waals surface area contributed by atoms with Crippen LogP contribution in [0, 0.1) is 0 Å². The summed E-state index contributed by atoms with van der Waals surface area (Å²) in [5.41, 5.74) is -4.73. The molecular weight excluding hydrogens is 396 g/mol. The van der Waals surface area contributed by atoms with E-state index in [9.17, 15) is 35.7 Å². The van der Waals surface area contributed by atoms with E-state index in [2.05, 4.69) is 5.32 Å². The fourth-order valence-corrected chi connectivity index (χ4v) is 2.97. The number of alkyl halides is 6. The SMILES string of the molecule is C[S+]([O-])CC(=O)c1ccccc1Nc1cccc(C(F)(F)F)c1C(F)(F)F. The van der Waals surface area contributed by atoms with E-state index in [-0.39, 0.29) is 17.0 Å². The van der Waals surface area contributed by atoms with Crippen LogP contribution < -0.4 is 5.32 Å². The topological polar surface area (TPSA) is 52.2 Å². The van der Waals surface area contributed by atoms with Crippen molar-refractivity contribution in [3.05, 3.63) is 59.2 Å². The van der Waals surface area contributed by atoms with Crippen LogP contribution in [0.1, 0.15) is 21.5 Å². The Hall–Kier alpha value is -2.20. The van der Waals surface area contributed by atoms with Crippen LogP contribution in [0.15, 0.2) is 42.5 Å². The van der Waals surface area contributed by atoms with Crippen molar-refractivity contribution < 1.29 is 35.7 Å². The molecule has 0 saturated heterocycles. The highest BCUT2D eigenvalue weighted by atomic mass is 32.2. The first-order chi connectivity index (χ1) is 12.4. The van der Waals surface area contributed by atoms with Gasteiger partial charge in [-0.2, -0.15) is 26.3 Å². The van der Waals surface area contributed by atoms with Crippen molar-refractivity contribution in [2.45, 2.75) is 12.4 Å². The molecule has 27 heavy (non-hydrogen) atoms. The van der Waals surface area contributed by atoms with Gasteiger partial charge in [0.2, 0.25) is 5.78 Å². The van der Waals surface area contributed by atoms with Gasteiger partial charge >= 0.3 is 12.4 Å². The lowest BCUT2D eigenvalue weighted by Gasteiger charge is -2.20. The van der Waals surface area contributed by atoms with Crippen molar-refractivity contribution in [1.29, 1.82) is 0 Å². The van der Waals surface area contributed by atoms with Gasteiger partial charge in [-0.15, -0.1) is 0 Å². The summed E-state index contributed by atoms with van der Waals surface area (Å²) in [6, 6.07) is 7.41. The summed E-state index contributed by atoms with van der Waals surface area (Å²) in [5, 5.41) is 2.27. The minimum atomic E-state index is -5.28. The first-order valence-corrected chi connectivity index (χ1v) is 9.10. The van der Waals surface area contributed by atoms with E-state index in [1.54, 1.807) is 0 Å². The molecule has 0 aromatic heterocycles. The highest BCUT2D eigenvalue weighted by molar-refractivity contribution is 7.91. The Labute approximate surface area is 153 Å². The van der Waals surface area contributed by atoms with Crippen molar-refractivity contribution in [3.8, 4) is 0 Å². The van der Waals surface area contributed by atoms with E-state index in [1.807, 2.05) is 0 Å². The molecule has 0 saturated carbocycles. The molecule has 0 aliphatic carbocycles. The molecule has 0 bridgehead atoms. The normalized spacial score (nSPS) is 13.3. The van der Waals surface area contributed by atoms with Crippen molar-refractivity contribution >= 4 is 28.3 Å². The van der Waals surface area contributed by atoms with E-state index in [1.165, 1.54) is 30.5 Å². The summed E-state index contributed by atoms with van der Waals surface area (Å²) in [7, 11) is 0. The largest absolute Gasteiger partial charge is 0.616 e. The zero-order valence-corrected chi connectivity index (χ0v) is 14.6. The Morgan fingerprint density at radius 3 is 2.11 bits per heavy atom. The molecular formula is C17H13F6NO2S. The van der Waals surface area contributed by atoms with Crippen molar-refractivity contribution in [2.24, 2.45) is 0 Å². The van der Waals surface area contributed by atoms with Gasteiger partial charge in [0.15, 0.2) is 5.75 Å². The van der Waals surface area contributed by atoms with E-state index in [0.717, 1.165) is 12.1 Å². The highest BCUT2D eigenvalue weighted by Gasteiger charge is 2.44. The van der Waals surface area contributed by atoms with Crippen molar-refractivity contribution in [3.63, 3.8) is 0 Å². The quantitative estimate of drug-likeness (QED) is 0.428. The highest BCUT2D eigenvalue weighted by Crippen LogP contribution is 2.44. The van der Waals surface area contributed by atoms with Crippen molar-refractivity contribution in [2.75, 3.05) is 17.3 Å². The average molecular weight is 409 g/mol. The number of hydrogen-bond donors (Lipinski definition) is 1. The van der Waals surface area contributed by atoms with Crippen LogP contribution in [0.2, 0.25) is 0 Å². The number of carbonyl (C=O) groups excluding carboxylic acids is 1. The van der Waals surface area contributed by atoms with Gasteiger partial charge in [-0.05, 0) is 35.4 Å². The van der Waals surface area contributed by atoms with Crippen LogP contribution >= 0.6 is 0 Å². The zero-order chi connectivity index (χ0) is 20.4. The number of Topliss-reactive ketones (excluding diaryl/α,β-unsaturated/α-hetero) is 1. The molecule has 0 fully saturated rings. The van der Waals surface area contributed by atoms with Crippen LogP contribution in [0.4, 0.5) is 37.7 Å². The number of nitrogens with one attached hydrogen (secondary N) is 1. The fourth-order valence-electron chi connectivity index (χ4n) is 2.44. The van der Waals surface area contributed by atoms with Crippen LogP contribution in [-0.4, -0.2) is 22.3 Å². The summed E-state index contributed by atoms with van der Waals surface area (Å²) in [6.07, 6.45) is -9.21. The predicted octanol–water partition coefficient (Wildman–Crippen LogP) is 5.03. The summed E-state index contributed by atoms with van der Waals surface area (Å²) in [5.74, 6) is -0.979. The lowest BCUT2D eigenvalue weighted by atomic mass is 10.0. The molecule has 0 spiro atoms. The number of carbonyl (C=O) groups is 1. The average Bonchev–Trinajstić information content (AvgIpc) is 2.52. The molecule has 10 heteroatoms. The Bertz CT molecular complexity index is 833. The number of benzene rings is 2. The Morgan fingerprint density at radius 2 is 1.56 bits per heavy atom. The molecule has 1 unspecified atom stereocenters. The molecule has 0 amide bonds. The second-order valence-electron chi connectivity index (χ2n) is 5.53. The minimum Gasteiger partial charge on any atom is -0.616 e. The third kappa shape index (κ3) is 5.16. The van der Waals surface area contributed by atoms with E-state index >= 15 is 0 Å².